The van der Waals surface area contributed by atoms with Crippen molar-refractivity contribution in [3.63, 3.8) is 0 Å². The van der Waals surface area contributed by atoms with Crippen molar-refractivity contribution in [2.75, 3.05) is 30.4 Å². The Kier molecular flexibility index (Phi) is 4.43. The summed E-state index contributed by atoms with van der Waals surface area (Å²) in [5.74, 6) is 2.39. The van der Waals surface area contributed by atoms with Crippen molar-refractivity contribution < 1.29 is 9.32 Å². The first-order valence-corrected chi connectivity index (χ1v) is 9.03. The van der Waals surface area contributed by atoms with E-state index in [2.05, 4.69) is 37.2 Å². The van der Waals surface area contributed by atoms with Crippen LogP contribution >= 0.6 is 0 Å². The molecule has 27 heavy (non-hydrogen) atoms. The molecule has 0 spiro atoms. The summed E-state index contributed by atoms with van der Waals surface area (Å²) in [5.41, 5.74) is 0.811. The van der Waals surface area contributed by atoms with Gasteiger partial charge in [0.2, 0.25) is 0 Å². The van der Waals surface area contributed by atoms with Gasteiger partial charge in [-0.3, -0.25) is 5.32 Å². The van der Waals surface area contributed by atoms with Crippen molar-refractivity contribution in [2.24, 2.45) is 5.92 Å². The van der Waals surface area contributed by atoms with Crippen molar-refractivity contribution >= 4 is 28.7 Å². The van der Waals surface area contributed by atoms with Crippen LogP contribution in [0, 0.1) is 12.8 Å². The highest BCUT2D eigenvalue weighted by atomic mass is 16.5. The lowest BCUT2D eigenvalue weighted by molar-refractivity contribution is 0.172. The SMILES string of the molecule is Cc1cc(NC(=O)N2CCC(C)C(N(C)c3ncnc4[nH]ccc34)C2)no1. The number of hydrogen-bond donors (Lipinski definition) is 2. The molecule has 0 aliphatic carbocycles. The summed E-state index contributed by atoms with van der Waals surface area (Å²) in [4.78, 5) is 28.5. The van der Waals surface area contributed by atoms with Crippen LogP contribution in [0.1, 0.15) is 19.1 Å². The Morgan fingerprint density at radius 3 is 3.07 bits per heavy atom. The summed E-state index contributed by atoms with van der Waals surface area (Å²) in [7, 11) is 2.03. The van der Waals surface area contributed by atoms with Crippen LogP contribution in [0.15, 0.2) is 29.2 Å². The van der Waals surface area contributed by atoms with Gasteiger partial charge in [-0.25, -0.2) is 14.8 Å². The van der Waals surface area contributed by atoms with Crippen LogP contribution in [-0.4, -0.2) is 57.2 Å². The zero-order valence-electron chi connectivity index (χ0n) is 15.6. The van der Waals surface area contributed by atoms with Gasteiger partial charge in [0, 0.05) is 32.4 Å². The van der Waals surface area contributed by atoms with E-state index >= 15 is 0 Å². The van der Waals surface area contributed by atoms with Crippen LogP contribution in [0.5, 0.6) is 0 Å². The number of urea groups is 1. The summed E-state index contributed by atoms with van der Waals surface area (Å²) in [6.07, 6.45) is 4.35. The topological polar surface area (TPSA) is 103 Å². The molecule has 0 radical (unpaired) electrons. The molecule has 1 saturated heterocycles. The molecule has 0 aromatic carbocycles. The lowest BCUT2D eigenvalue weighted by atomic mass is 9.92. The summed E-state index contributed by atoms with van der Waals surface area (Å²) >= 11 is 0. The minimum atomic E-state index is -0.164. The number of nitrogens with one attached hydrogen (secondary N) is 2. The largest absolute Gasteiger partial charge is 0.360 e. The van der Waals surface area contributed by atoms with Gasteiger partial charge >= 0.3 is 6.03 Å². The molecule has 3 aromatic heterocycles. The number of carbonyl (C=O) groups is 1. The maximum atomic E-state index is 12.6. The van der Waals surface area contributed by atoms with Crippen molar-refractivity contribution in [2.45, 2.75) is 26.3 Å². The summed E-state index contributed by atoms with van der Waals surface area (Å²) < 4.78 is 5.01. The van der Waals surface area contributed by atoms with Crippen molar-refractivity contribution in [1.29, 1.82) is 0 Å². The second-order valence-corrected chi connectivity index (χ2v) is 7.08. The van der Waals surface area contributed by atoms with Gasteiger partial charge < -0.3 is 19.3 Å². The number of anilines is 2. The third kappa shape index (κ3) is 3.32. The number of aromatic amines is 1. The summed E-state index contributed by atoms with van der Waals surface area (Å²) in [6.45, 7) is 5.32. The van der Waals surface area contributed by atoms with Crippen molar-refractivity contribution in [3.05, 3.63) is 30.4 Å². The smallest absolute Gasteiger partial charge is 0.323 e. The monoisotopic (exact) mass is 369 g/mol. The van der Waals surface area contributed by atoms with Gasteiger partial charge in [-0.05, 0) is 25.3 Å². The molecule has 2 N–H and O–H groups in total. The molecule has 0 saturated carbocycles. The van der Waals surface area contributed by atoms with Crippen molar-refractivity contribution in [1.82, 2.24) is 25.0 Å². The minimum absolute atomic E-state index is 0.150. The maximum absolute atomic E-state index is 12.6. The van der Waals surface area contributed by atoms with E-state index in [1.54, 1.807) is 19.3 Å². The van der Waals surface area contributed by atoms with Crippen LogP contribution in [-0.2, 0) is 0 Å². The van der Waals surface area contributed by atoms with Crippen LogP contribution in [0.25, 0.3) is 11.0 Å². The highest BCUT2D eigenvalue weighted by Crippen LogP contribution is 2.28. The third-order valence-corrected chi connectivity index (χ3v) is 5.23. The Bertz CT molecular complexity index is 950. The van der Waals surface area contributed by atoms with E-state index in [0.29, 0.717) is 30.6 Å². The van der Waals surface area contributed by atoms with Crippen LogP contribution in [0.4, 0.5) is 16.4 Å². The summed E-state index contributed by atoms with van der Waals surface area (Å²) in [6, 6.07) is 3.67. The normalized spacial score (nSPS) is 20.0. The van der Waals surface area contributed by atoms with E-state index in [9.17, 15) is 4.79 Å². The number of likely N-dealkylation sites (N-methyl/N-ethyl adjacent to an activating group) is 1. The lowest BCUT2D eigenvalue weighted by Gasteiger charge is -2.42. The zero-order valence-corrected chi connectivity index (χ0v) is 15.6. The number of likely N-dealkylation sites (tertiary alicyclic amines) is 1. The van der Waals surface area contributed by atoms with Gasteiger partial charge in [0.1, 0.15) is 23.6 Å². The van der Waals surface area contributed by atoms with E-state index < -0.39 is 0 Å². The van der Waals surface area contributed by atoms with Gasteiger partial charge in [-0.15, -0.1) is 0 Å². The zero-order chi connectivity index (χ0) is 19.0. The molecule has 1 aliphatic rings. The lowest BCUT2D eigenvalue weighted by Crippen LogP contribution is -2.53. The number of hydrogen-bond acceptors (Lipinski definition) is 6. The van der Waals surface area contributed by atoms with E-state index in [1.807, 2.05) is 24.2 Å². The number of nitrogens with zero attached hydrogens (tertiary/aromatic N) is 5. The minimum Gasteiger partial charge on any atom is -0.360 e. The molecule has 4 rings (SSSR count). The number of carbonyl (C=O) groups excluding carboxylic acids is 1. The molecule has 142 valence electrons. The second-order valence-electron chi connectivity index (χ2n) is 7.08. The van der Waals surface area contributed by atoms with E-state index in [4.69, 9.17) is 4.52 Å². The molecule has 4 heterocycles. The predicted octanol–water partition coefficient (Wildman–Crippen LogP) is 2.63. The van der Waals surface area contributed by atoms with Crippen LogP contribution < -0.4 is 10.2 Å². The average Bonchev–Trinajstić information content (AvgIpc) is 3.30. The van der Waals surface area contributed by atoms with Crippen molar-refractivity contribution in [3.8, 4) is 0 Å². The number of H-pyrrole nitrogens is 1. The number of fused-ring (bicyclic) bond motifs is 1. The molecule has 9 nitrogen and oxygen atoms in total. The highest BCUT2D eigenvalue weighted by Gasteiger charge is 2.33. The van der Waals surface area contributed by atoms with Crippen LogP contribution in [0.3, 0.4) is 0 Å². The molecular formula is C18H23N7O2. The Morgan fingerprint density at radius 1 is 1.44 bits per heavy atom. The fourth-order valence-corrected chi connectivity index (χ4v) is 3.65. The first-order chi connectivity index (χ1) is 13.0. The maximum Gasteiger partial charge on any atom is 0.323 e. The molecule has 1 fully saturated rings. The predicted molar refractivity (Wildman–Crippen MR) is 102 cm³/mol. The molecule has 0 bridgehead atoms. The van der Waals surface area contributed by atoms with Gasteiger partial charge in [-0.1, -0.05) is 12.1 Å². The number of piperidine rings is 1. The molecule has 2 amide bonds. The standard InChI is InChI=1S/C18H23N7O2/c1-11-5-7-25(18(26)22-15-8-12(2)27-23-15)9-14(11)24(3)17-13-4-6-19-16(13)20-10-21-17/h4,6,8,10-11,14H,5,7,9H2,1-3H3,(H,19,20,21)(H,22,23,26). The summed E-state index contributed by atoms with van der Waals surface area (Å²) in [5, 5.41) is 7.61. The number of aromatic nitrogens is 4. The third-order valence-electron chi connectivity index (χ3n) is 5.23. The average molecular weight is 369 g/mol. The van der Waals surface area contributed by atoms with Gasteiger partial charge in [-0.2, -0.15) is 0 Å². The molecule has 9 heteroatoms. The fourth-order valence-electron chi connectivity index (χ4n) is 3.65. The molecule has 2 atom stereocenters. The Labute approximate surface area is 156 Å². The van der Waals surface area contributed by atoms with Crippen LogP contribution in [0.2, 0.25) is 0 Å². The van der Waals surface area contributed by atoms with E-state index in [0.717, 1.165) is 23.3 Å². The van der Waals surface area contributed by atoms with Gasteiger partial charge in [0.05, 0.1) is 11.4 Å². The Morgan fingerprint density at radius 2 is 2.30 bits per heavy atom. The molecular weight excluding hydrogens is 346 g/mol. The van der Waals surface area contributed by atoms with E-state index in [1.165, 1.54) is 0 Å². The van der Waals surface area contributed by atoms with Gasteiger partial charge in [0.25, 0.3) is 0 Å². The number of rotatable bonds is 3. The first-order valence-electron chi connectivity index (χ1n) is 9.03. The quantitative estimate of drug-likeness (QED) is 0.736. The molecule has 2 unspecified atom stereocenters. The Balaban J connectivity index is 1.51. The second kappa shape index (κ2) is 6.90. The molecule has 1 aliphatic heterocycles. The number of amides is 2. The van der Waals surface area contributed by atoms with Gasteiger partial charge in [0.15, 0.2) is 5.82 Å². The first kappa shape index (κ1) is 17.3. The fraction of sp³-hybridized carbons (Fsp3) is 0.444. The highest BCUT2D eigenvalue weighted by molar-refractivity contribution is 5.89. The number of aryl methyl sites for hydroxylation is 1. The van der Waals surface area contributed by atoms with E-state index in [-0.39, 0.29) is 12.1 Å². The molecule has 3 aromatic rings. The Hall–Kier alpha value is -3.10.